The Hall–Kier alpha value is -1.60. The Morgan fingerprint density at radius 3 is 2.58 bits per heavy atom. The Labute approximate surface area is 112 Å². The Bertz CT molecular complexity index is 558. The summed E-state index contributed by atoms with van der Waals surface area (Å²) >= 11 is 1.26. The zero-order valence-corrected chi connectivity index (χ0v) is 10.5. The highest BCUT2D eigenvalue weighted by Gasteiger charge is 2.30. The Morgan fingerprint density at radius 1 is 1.21 bits per heavy atom. The van der Waals surface area contributed by atoms with E-state index in [2.05, 4.69) is 9.97 Å². The van der Waals surface area contributed by atoms with E-state index < -0.39 is 11.7 Å². The third-order valence-corrected chi connectivity index (χ3v) is 3.45. The molecule has 1 heterocycles. The van der Waals surface area contributed by atoms with Gasteiger partial charge in [-0.25, -0.2) is 9.97 Å². The number of halogens is 3. The predicted molar refractivity (Wildman–Crippen MR) is 65.5 cm³/mol. The summed E-state index contributed by atoms with van der Waals surface area (Å²) in [4.78, 5) is 8.45. The summed E-state index contributed by atoms with van der Waals surface area (Å²) in [7, 11) is 0. The van der Waals surface area contributed by atoms with Gasteiger partial charge >= 0.3 is 6.18 Å². The van der Waals surface area contributed by atoms with Gasteiger partial charge in [0.1, 0.15) is 11.4 Å². The standard InChI is InChI=1S/C12H10F3N3S/c13-12(14,15)9-1-2-10(8(5-9)6-16)19-11-3-4-17-7-18-11/h1-5,7H,6,16H2. The highest BCUT2D eigenvalue weighted by atomic mass is 32.2. The highest BCUT2D eigenvalue weighted by Crippen LogP contribution is 2.34. The second-order valence-corrected chi connectivity index (χ2v) is 4.74. The zero-order valence-electron chi connectivity index (χ0n) is 9.69. The molecule has 0 aliphatic rings. The minimum absolute atomic E-state index is 0.0390. The molecule has 0 aliphatic heterocycles. The van der Waals surface area contributed by atoms with Gasteiger partial charge in [-0.1, -0.05) is 11.8 Å². The molecule has 1 aromatic heterocycles. The van der Waals surface area contributed by atoms with Gasteiger partial charge in [-0.15, -0.1) is 0 Å². The molecule has 0 bridgehead atoms. The number of benzene rings is 1. The van der Waals surface area contributed by atoms with Crippen molar-refractivity contribution in [3.8, 4) is 0 Å². The summed E-state index contributed by atoms with van der Waals surface area (Å²) in [5, 5.41) is 0.657. The molecule has 0 unspecified atom stereocenters. The molecule has 0 saturated carbocycles. The molecule has 0 radical (unpaired) electrons. The highest BCUT2D eigenvalue weighted by molar-refractivity contribution is 7.99. The second-order valence-electron chi connectivity index (χ2n) is 3.67. The maximum atomic E-state index is 12.6. The van der Waals surface area contributed by atoms with Crippen molar-refractivity contribution in [2.45, 2.75) is 22.6 Å². The molecule has 1 aromatic carbocycles. The van der Waals surface area contributed by atoms with Crippen LogP contribution < -0.4 is 5.73 Å². The van der Waals surface area contributed by atoms with Crippen LogP contribution in [0.3, 0.4) is 0 Å². The number of rotatable bonds is 3. The summed E-state index contributed by atoms with van der Waals surface area (Å²) in [5.74, 6) is 0. The van der Waals surface area contributed by atoms with Gasteiger partial charge in [0.15, 0.2) is 0 Å². The van der Waals surface area contributed by atoms with E-state index in [9.17, 15) is 13.2 Å². The van der Waals surface area contributed by atoms with Crippen LogP contribution in [-0.2, 0) is 12.7 Å². The molecule has 0 fully saturated rings. The van der Waals surface area contributed by atoms with Gasteiger partial charge in [0.2, 0.25) is 0 Å². The van der Waals surface area contributed by atoms with Gasteiger partial charge in [-0.2, -0.15) is 13.2 Å². The topological polar surface area (TPSA) is 51.8 Å². The van der Waals surface area contributed by atoms with E-state index in [0.717, 1.165) is 12.1 Å². The minimum atomic E-state index is -4.36. The Kier molecular flexibility index (Phi) is 4.06. The Balaban J connectivity index is 2.32. The lowest BCUT2D eigenvalue weighted by Crippen LogP contribution is -2.07. The first-order valence-electron chi connectivity index (χ1n) is 5.35. The third kappa shape index (κ3) is 3.45. The van der Waals surface area contributed by atoms with Gasteiger partial charge in [-0.3, -0.25) is 0 Å². The molecule has 19 heavy (non-hydrogen) atoms. The molecule has 0 atom stereocenters. The van der Waals surface area contributed by atoms with Crippen molar-refractivity contribution < 1.29 is 13.2 Å². The lowest BCUT2D eigenvalue weighted by molar-refractivity contribution is -0.137. The fraction of sp³-hybridized carbons (Fsp3) is 0.167. The number of nitrogens with zero attached hydrogens (tertiary/aromatic N) is 2. The van der Waals surface area contributed by atoms with Crippen molar-refractivity contribution in [1.29, 1.82) is 0 Å². The molecular formula is C12H10F3N3S. The maximum absolute atomic E-state index is 12.6. The van der Waals surface area contributed by atoms with Crippen LogP contribution in [0.1, 0.15) is 11.1 Å². The molecule has 100 valence electrons. The van der Waals surface area contributed by atoms with Crippen LogP contribution in [0.15, 0.2) is 46.7 Å². The average Bonchev–Trinajstić information content (AvgIpc) is 2.39. The summed E-state index contributed by atoms with van der Waals surface area (Å²) in [6.45, 7) is 0.0390. The third-order valence-electron chi connectivity index (χ3n) is 2.38. The smallest absolute Gasteiger partial charge is 0.326 e. The number of aromatic nitrogens is 2. The molecule has 2 rings (SSSR count). The average molecular weight is 285 g/mol. The molecule has 3 nitrogen and oxygen atoms in total. The first kappa shape index (κ1) is 13.8. The van der Waals surface area contributed by atoms with E-state index in [0.29, 0.717) is 15.5 Å². The number of hydrogen-bond acceptors (Lipinski definition) is 4. The van der Waals surface area contributed by atoms with Crippen molar-refractivity contribution >= 4 is 11.8 Å². The zero-order chi connectivity index (χ0) is 13.9. The van der Waals surface area contributed by atoms with E-state index in [1.54, 1.807) is 12.3 Å². The van der Waals surface area contributed by atoms with Crippen molar-refractivity contribution in [1.82, 2.24) is 9.97 Å². The van der Waals surface area contributed by atoms with E-state index >= 15 is 0 Å². The largest absolute Gasteiger partial charge is 0.416 e. The fourth-order valence-corrected chi connectivity index (χ4v) is 2.33. The van der Waals surface area contributed by atoms with Gasteiger partial charge in [0.05, 0.1) is 5.56 Å². The summed E-state index contributed by atoms with van der Waals surface area (Å²) < 4.78 is 37.8. The summed E-state index contributed by atoms with van der Waals surface area (Å²) in [5.41, 5.74) is 5.25. The van der Waals surface area contributed by atoms with E-state index in [1.165, 1.54) is 24.2 Å². The number of hydrogen-bond donors (Lipinski definition) is 1. The lowest BCUT2D eigenvalue weighted by atomic mass is 10.1. The first-order chi connectivity index (χ1) is 9.00. The van der Waals surface area contributed by atoms with Crippen molar-refractivity contribution in [3.05, 3.63) is 47.9 Å². The van der Waals surface area contributed by atoms with E-state index in [4.69, 9.17) is 5.73 Å². The first-order valence-corrected chi connectivity index (χ1v) is 6.16. The summed E-state index contributed by atoms with van der Waals surface area (Å²) in [6, 6.07) is 5.21. The van der Waals surface area contributed by atoms with Gasteiger partial charge in [-0.05, 0) is 29.8 Å². The van der Waals surface area contributed by atoms with Gasteiger partial charge in [0.25, 0.3) is 0 Å². The fourth-order valence-electron chi connectivity index (χ4n) is 1.47. The van der Waals surface area contributed by atoms with Crippen LogP contribution in [0.2, 0.25) is 0 Å². The van der Waals surface area contributed by atoms with Crippen LogP contribution in [0.5, 0.6) is 0 Å². The lowest BCUT2D eigenvalue weighted by Gasteiger charge is -2.11. The van der Waals surface area contributed by atoms with Gasteiger partial charge < -0.3 is 5.73 Å². The molecule has 2 N–H and O–H groups in total. The number of nitrogens with two attached hydrogens (primary N) is 1. The van der Waals surface area contributed by atoms with Crippen molar-refractivity contribution in [3.63, 3.8) is 0 Å². The van der Waals surface area contributed by atoms with Crippen LogP contribution in [0, 0.1) is 0 Å². The molecule has 0 amide bonds. The maximum Gasteiger partial charge on any atom is 0.416 e. The van der Waals surface area contributed by atoms with Crippen LogP contribution in [-0.4, -0.2) is 9.97 Å². The van der Waals surface area contributed by atoms with E-state index in [1.807, 2.05) is 0 Å². The van der Waals surface area contributed by atoms with E-state index in [-0.39, 0.29) is 6.54 Å². The molecule has 2 aromatic rings. The van der Waals surface area contributed by atoms with Crippen molar-refractivity contribution in [2.75, 3.05) is 0 Å². The predicted octanol–water partition coefficient (Wildman–Crippen LogP) is 3.11. The minimum Gasteiger partial charge on any atom is -0.326 e. The molecule has 0 spiro atoms. The van der Waals surface area contributed by atoms with Crippen LogP contribution >= 0.6 is 11.8 Å². The normalized spacial score (nSPS) is 11.6. The molecule has 0 aliphatic carbocycles. The molecule has 7 heteroatoms. The van der Waals surface area contributed by atoms with Crippen LogP contribution in [0.4, 0.5) is 13.2 Å². The molecule has 0 saturated heterocycles. The van der Waals surface area contributed by atoms with Crippen molar-refractivity contribution in [2.24, 2.45) is 5.73 Å². The summed E-state index contributed by atoms with van der Waals surface area (Å²) in [6.07, 6.45) is -1.40. The Morgan fingerprint density at radius 2 is 2.00 bits per heavy atom. The van der Waals surface area contributed by atoms with Gasteiger partial charge in [0, 0.05) is 17.6 Å². The number of alkyl halides is 3. The SMILES string of the molecule is NCc1cc(C(F)(F)F)ccc1Sc1ccncn1. The second kappa shape index (κ2) is 5.58. The van der Waals surface area contributed by atoms with Crippen LogP contribution in [0.25, 0.3) is 0 Å². The quantitative estimate of drug-likeness (QED) is 0.880. The molecular weight excluding hydrogens is 275 g/mol. The monoisotopic (exact) mass is 285 g/mol.